The minimum absolute atomic E-state index is 0.153. The van der Waals surface area contributed by atoms with E-state index in [1.54, 1.807) is 37.3 Å². The number of anilines is 1. The standard InChI is InChI=1S/C21H18N2O5/c1-12-9-16(15-5-3-4-6-17(15)22-12)21(25)28-13(2)20(24)23-14-7-8-18-19(10-14)27-11-26-18/h3-10,13H,11H2,1-2H3,(H,23,24)/t13-/m0/s1. The van der Waals surface area contributed by atoms with Crippen LogP contribution in [0.25, 0.3) is 10.9 Å². The molecule has 1 aliphatic rings. The predicted octanol–water partition coefficient (Wildman–Crippen LogP) is 3.46. The van der Waals surface area contributed by atoms with Gasteiger partial charge in [-0.25, -0.2) is 4.79 Å². The van der Waals surface area contributed by atoms with Crippen molar-refractivity contribution in [3.8, 4) is 11.5 Å². The number of carbonyl (C=O) groups excluding carboxylic acids is 2. The molecule has 1 aliphatic heterocycles. The molecule has 0 bridgehead atoms. The molecule has 0 radical (unpaired) electrons. The average molecular weight is 378 g/mol. The highest BCUT2D eigenvalue weighted by Gasteiger charge is 2.22. The number of carbonyl (C=O) groups is 2. The van der Waals surface area contributed by atoms with Gasteiger partial charge in [0.05, 0.1) is 11.1 Å². The zero-order valence-electron chi connectivity index (χ0n) is 15.4. The van der Waals surface area contributed by atoms with Crippen LogP contribution in [0.3, 0.4) is 0 Å². The van der Waals surface area contributed by atoms with Crippen molar-refractivity contribution in [3.63, 3.8) is 0 Å². The maximum absolute atomic E-state index is 12.7. The van der Waals surface area contributed by atoms with Crippen LogP contribution in [0.1, 0.15) is 23.0 Å². The van der Waals surface area contributed by atoms with Gasteiger partial charge in [0, 0.05) is 22.8 Å². The van der Waals surface area contributed by atoms with Crippen LogP contribution in [0.5, 0.6) is 11.5 Å². The molecule has 0 fully saturated rings. The van der Waals surface area contributed by atoms with Crippen LogP contribution in [0.15, 0.2) is 48.5 Å². The third-order valence-electron chi connectivity index (χ3n) is 4.36. The summed E-state index contributed by atoms with van der Waals surface area (Å²) in [5.41, 5.74) is 2.31. The number of pyridine rings is 1. The first-order valence-electron chi connectivity index (χ1n) is 8.79. The number of hydrogen-bond donors (Lipinski definition) is 1. The summed E-state index contributed by atoms with van der Waals surface area (Å²) >= 11 is 0. The molecular formula is C21H18N2O5. The van der Waals surface area contributed by atoms with E-state index in [4.69, 9.17) is 14.2 Å². The van der Waals surface area contributed by atoms with E-state index in [1.807, 2.05) is 18.2 Å². The molecule has 0 spiro atoms. The second-order valence-electron chi connectivity index (χ2n) is 6.43. The van der Waals surface area contributed by atoms with Crippen LogP contribution in [0.4, 0.5) is 5.69 Å². The molecule has 3 aromatic rings. The highest BCUT2D eigenvalue weighted by atomic mass is 16.7. The molecular weight excluding hydrogens is 360 g/mol. The van der Waals surface area contributed by atoms with Crippen molar-refractivity contribution in [2.45, 2.75) is 20.0 Å². The molecule has 2 aromatic carbocycles. The fraction of sp³-hybridized carbons (Fsp3) is 0.190. The Kier molecular flexibility index (Phi) is 4.57. The summed E-state index contributed by atoms with van der Waals surface area (Å²) in [7, 11) is 0. The number of benzene rings is 2. The molecule has 0 saturated carbocycles. The molecule has 28 heavy (non-hydrogen) atoms. The van der Waals surface area contributed by atoms with Crippen LogP contribution < -0.4 is 14.8 Å². The van der Waals surface area contributed by atoms with Gasteiger partial charge in [0.1, 0.15) is 0 Å². The maximum atomic E-state index is 12.7. The summed E-state index contributed by atoms with van der Waals surface area (Å²) in [6.07, 6.45) is -0.981. The highest BCUT2D eigenvalue weighted by Crippen LogP contribution is 2.34. The second-order valence-corrected chi connectivity index (χ2v) is 6.43. The van der Waals surface area contributed by atoms with E-state index in [-0.39, 0.29) is 6.79 Å². The van der Waals surface area contributed by atoms with Crippen molar-refractivity contribution < 1.29 is 23.8 Å². The molecule has 7 nitrogen and oxygen atoms in total. The molecule has 1 amide bonds. The van der Waals surface area contributed by atoms with Gasteiger partial charge in [-0.3, -0.25) is 9.78 Å². The van der Waals surface area contributed by atoms with E-state index in [1.165, 1.54) is 6.92 Å². The van der Waals surface area contributed by atoms with Gasteiger partial charge >= 0.3 is 5.97 Å². The Balaban J connectivity index is 1.48. The Morgan fingerprint density at radius 2 is 1.89 bits per heavy atom. The van der Waals surface area contributed by atoms with Gasteiger partial charge in [0.2, 0.25) is 6.79 Å². The number of fused-ring (bicyclic) bond motifs is 2. The number of aryl methyl sites for hydroxylation is 1. The summed E-state index contributed by atoms with van der Waals surface area (Å²) in [4.78, 5) is 29.5. The lowest BCUT2D eigenvalue weighted by Crippen LogP contribution is -2.30. The number of nitrogens with zero attached hydrogens (tertiary/aromatic N) is 1. The molecule has 1 atom stereocenters. The van der Waals surface area contributed by atoms with Crippen molar-refractivity contribution in [3.05, 3.63) is 59.8 Å². The molecule has 4 rings (SSSR count). The lowest BCUT2D eigenvalue weighted by Gasteiger charge is -2.15. The van der Waals surface area contributed by atoms with E-state index in [0.29, 0.717) is 39.3 Å². The lowest BCUT2D eigenvalue weighted by atomic mass is 10.1. The number of para-hydroxylation sites is 1. The third kappa shape index (κ3) is 3.46. The quantitative estimate of drug-likeness (QED) is 0.700. The Bertz CT molecular complexity index is 1080. The average Bonchev–Trinajstić information content (AvgIpc) is 3.15. The zero-order valence-corrected chi connectivity index (χ0v) is 15.4. The largest absolute Gasteiger partial charge is 0.454 e. The first-order valence-corrected chi connectivity index (χ1v) is 8.79. The number of rotatable bonds is 4. The minimum Gasteiger partial charge on any atom is -0.454 e. The number of aromatic nitrogens is 1. The summed E-state index contributed by atoms with van der Waals surface area (Å²) in [6.45, 7) is 3.48. The Hall–Kier alpha value is -3.61. The van der Waals surface area contributed by atoms with Gasteiger partial charge in [-0.05, 0) is 38.1 Å². The summed E-state index contributed by atoms with van der Waals surface area (Å²) < 4.78 is 15.9. The maximum Gasteiger partial charge on any atom is 0.339 e. The first-order chi connectivity index (χ1) is 13.5. The van der Waals surface area contributed by atoms with Crippen LogP contribution in [0.2, 0.25) is 0 Å². The fourth-order valence-corrected chi connectivity index (χ4v) is 2.97. The van der Waals surface area contributed by atoms with Crippen molar-refractivity contribution in [1.82, 2.24) is 4.98 Å². The Morgan fingerprint density at radius 3 is 2.75 bits per heavy atom. The van der Waals surface area contributed by atoms with E-state index in [0.717, 1.165) is 0 Å². The molecule has 0 unspecified atom stereocenters. The molecule has 7 heteroatoms. The highest BCUT2D eigenvalue weighted by molar-refractivity contribution is 6.05. The number of esters is 1. The fourth-order valence-electron chi connectivity index (χ4n) is 2.97. The Morgan fingerprint density at radius 1 is 1.11 bits per heavy atom. The normalized spacial score (nSPS) is 13.2. The van der Waals surface area contributed by atoms with Crippen molar-refractivity contribution in [2.75, 3.05) is 12.1 Å². The van der Waals surface area contributed by atoms with Crippen LogP contribution >= 0.6 is 0 Å². The topological polar surface area (TPSA) is 86.8 Å². The number of amides is 1. The monoisotopic (exact) mass is 378 g/mol. The molecule has 1 aromatic heterocycles. The molecule has 142 valence electrons. The van der Waals surface area contributed by atoms with Gasteiger partial charge in [0.25, 0.3) is 5.91 Å². The molecule has 1 N–H and O–H groups in total. The SMILES string of the molecule is Cc1cc(C(=O)O[C@@H](C)C(=O)Nc2ccc3c(c2)OCO3)c2ccccc2n1. The second kappa shape index (κ2) is 7.19. The Labute approximate surface area is 161 Å². The number of nitrogens with one attached hydrogen (secondary N) is 1. The van der Waals surface area contributed by atoms with Gasteiger partial charge in [0.15, 0.2) is 17.6 Å². The van der Waals surface area contributed by atoms with E-state index in [9.17, 15) is 9.59 Å². The molecule has 2 heterocycles. The predicted molar refractivity (Wildman–Crippen MR) is 103 cm³/mol. The molecule has 0 saturated heterocycles. The third-order valence-corrected chi connectivity index (χ3v) is 4.36. The van der Waals surface area contributed by atoms with Crippen LogP contribution in [0, 0.1) is 6.92 Å². The summed E-state index contributed by atoms with van der Waals surface area (Å²) in [6, 6.07) is 14.0. The van der Waals surface area contributed by atoms with E-state index >= 15 is 0 Å². The van der Waals surface area contributed by atoms with Gasteiger partial charge in [-0.1, -0.05) is 18.2 Å². The van der Waals surface area contributed by atoms with E-state index < -0.39 is 18.0 Å². The summed E-state index contributed by atoms with van der Waals surface area (Å²) in [5, 5.41) is 3.39. The molecule has 0 aliphatic carbocycles. The van der Waals surface area contributed by atoms with Crippen LogP contribution in [-0.2, 0) is 9.53 Å². The van der Waals surface area contributed by atoms with E-state index in [2.05, 4.69) is 10.3 Å². The van der Waals surface area contributed by atoms with Crippen LogP contribution in [-0.4, -0.2) is 29.8 Å². The first kappa shape index (κ1) is 17.8. The summed E-state index contributed by atoms with van der Waals surface area (Å²) in [5.74, 6) is 0.163. The minimum atomic E-state index is -0.981. The number of ether oxygens (including phenoxy) is 3. The van der Waals surface area contributed by atoms with Crippen molar-refractivity contribution >= 4 is 28.5 Å². The van der Waals surface area contributed by atoms with Crippen molar-refractivity contribution in [1.29, 1.82) is 0 Å². The lowest BCUT2D eigenvalue weighted by molar-refractivity contribution is -0.123. The van der Waals surface area contributed by atoms with Gasteiger partial charge in [-0.15, -0.1) is 0 Å². The zero-order chi connectivity index (χ0) is 19.7. The van der Waals surface area contributed by atoms with Gasteiger partial charge in [-0.2, -0.15) is 0 Å². The van der Waals surface area contributed by atoms with Gasteiger partial charge < -0.3 is 19.5 Å². The smallest absolute Gasteiger partial charge is 0.339 e. The van der Waals surface area contributed by atoms with Crippen molar-refractivity contribution in [2.24, 2.45) is 0 Å². The number of hydrogen-bond acceptors (Lipinski definition) is 6.